The third-order valence-corrected chi connectivity index (χ3v) is 2.27. The van der Waals surface area contributed by atoms with Crippen LogP contribution in [0.15, 0.2) is 23.2 Å². The minimum absolute atomic E-state index is 0.0582. The second kappa shape index (κ2) is 5.46. The van der Waals surface area contributed by atoms with Gasteiger partial charge in [0, 0.05) is 6.07 Å². The summed E-state index contributed by atoms with van der Waals surface area (Å²) in [4.78, 5) is 3.69. The molecule has 2 rings (SSSR count). The van der Waals surface area contributed by atoms with E-state index in [9.17, 15) is 5.11 Å². The summed E-state index contributed by atoms with van der Waals surface area (Å²) in [6, 6.07) is 5.19. The van der Waals surface area contributed by atoms with E-state index in [1.165, 1.54) is 0 Å². The fourth-order valence-electron chi connectivity index (χ4n) is 1.42. The van der Waals surface area contributed by atoms with Crippen molar-refractivity contribution in [2.75, 3.05) is 19.9 Å². The number of guanidine groups is 1. The Morgan fingerprint density at radius 1 is 1.39 bits per heavy atom. The number of benzene rings is 1. The van der Waals surface area contributed by atoms with Gasteiger partial charge in [-0.3, -0.25) is 4.99 Å². The fraction of sp³-hybridized carbons (Fsp3) is 0.364. The van der Waals surface area contributed by atoms with Crippen LogP contribution in [0, 0.1) is 0 Å². The standard InChI is InChI=1S/C11H15N3O4/c12-11(13)14-4-7(15)5-16-8-1-2-9-10(3-8)18-6-17-9/h1-3,7,15H,4-6H2,(H4,12,13,14). The van der Waals surface area contributed by atoms with Crippen LogP contribution in [0.5, 0.6) is 17.2 Å². The van der Waals surface area contributed by atoms with Crippen LogP contribution in [0.3, 0.4) is 0 Å². The van der Waals surface area contributed by atoms with Crippen LogP contribution in [-0.2, 0) is 0 Å². The smallest absolute Gasteiger partial charge is 0.231 e. The lowest BCUT2D eigenvalue weighted by Gasteiger charge is -2.10. The monoisotopic (exact) mass is 253 g/mol. The van der Waals surface area contributed by atoms with Gasteiger partial charge in [0.2, 0.25) is 6.79 Å². The summed E-state index contributed by atoms with van der Waals surface area (Å²) in [7, 11) is 0. The first kappa shape index (κ1) is 12.3. The van der Waals surface area contributed by atoms with E-state index in [2.05, 4.69) is 4.99 Å². The van der Waals surface area contributed by atoms with Gasteiger partial charge in [0.25, 0.3) is 0 Å². The summed E-state index contributed by atoms with van der Waals surface area (Å²) in [5.41, 5.74) is 10.3. The van der Waals surface area contributed by atoms with Crippen LogP contribution in [-0.4, -0.2) is 37.1 Å². The molecule has 0 spiro atoms. The van der Waals surface area contributed by atoms with E-state index in [-0.39, 0.29) is 25.9 Å². The van der Waals surface area contributed by atoms with E-state index in [0.717, 1.165) is 0 Å². The molecule has 0 saturated carbocycles. The van der Waals surface area contributed by atoms with Crippen molar-refractivity contribution >= 4 is 5.96 Å². The molecule has 5 N–H and O–H groups in total. The molecule has 0 bridgehead atoms. The van der Waals surface area contributed by atoms with Gasteiger partial charge >= 0.3 is 0 Å². The van der Waals surface area contributed by atoms with E-state index in [1.807, 2.05) is 0 Å². The third-order valence-electron chi connectivity index (χ3n) is 2.27. The van der Waals surface area contributed by atoms with Crippen molar-refractivity contribution in [1.82, 2.24) is 0 Å². The molecule has 1 atom stereocenters. The molecule has 0 fully saturated rings. The summed E-state index contributed by atoms with van der Waals surface area (Å²) < 4.78 is 15.8. The Kier molecular flexibility index (Phi) is 3.73. The molecule has 0 aliphatic carbocycles. The zero-order chi connectivity index (χ0) is 13.0. The molecule has 0 saturated heterocycles. The quantitative estimate of drug-likeness (QED) is 0.478. The molecule has 1 aliphatic rings. The van der Waals surface area contributed by atoms with Crippen LogP contribution in [0.2, 0.25) is 0 Å². The molecule has 0 aromatic heterocycles. The van der Waals surface area contributed by atoms with E-state index >= 15 is 0 Å². The number of nitrogens with zero attached hydrogens (tertiary/aromatic N) is 1. The van der Waals surface area contributed by atoms with Crippen molar-refractivity contribution in [2.24, 2.45) is 16.5 Å². The molecule has 1 aromatic rings. The van der Waals surface area contributed by atoms with Crippen LogP contribution in [0.4, 0.5) is 0 Å². The summed E-state index contributed by atoms with van der Waals surface area (Å²) >= 11 is 0. The van der Waals surface area contributed by atoms with Gasteiger partial charge in [-0.25, -0.2) is 0 Å². The van der Waals surface area contributed by atoms with Crippen molar-refractivity contribution in [3.05, 3.63) is 18.2 Å². The maximum atomic E-state index is 9.55. The number of aliphatic imine (C=N–C) groups is 1. The molecule has 0 amide bonds. The SMILES string of the molecule is NC(N)=NCC(O)COc1ccc2c(c1)OCO2. The first-order valence-corrected chi connectivity index (χ1v) is 5.41. The lowest BCUT2D eigenvalue weighted by molar-refractivity contribution is 0.114. The Morgan fingerprint density at radius 2 is 2.17 bits per heavy atom. The van der Waals surface area contributed by atoms with Crippen molar-refractivity contribution in [3.63, 3.8) is 0 Å². The highest BCUT2D eigenvalue weighted by Gasteiger charge is 2.14. The topological polar surface area (TPSA) is 112 Å². The normalized spacial score (nSPS) is 14.1. The highest BCUT2D eigenvalue weighted by atomic mass is 16.7. The Hall–Kier alpha value is -2.15. The predicted molar refractivity (Wildman–Crippen MR) is 64.7 cm³/mol. The molecule has 7 heteroatoms. The number of aliphatic hydroxyl groups excluding tert-OH is 1. The zero-order valence-electron chi connectivity index (χ0n) is 9.70. The lowest BCUT2D eigenvalue weighted by Crippen LogP contribution is -2.27. The summed E-state index contributed by atoms with van der Waals surface area (Å²) in [5, 5.41) is 9.55. The molecule has 18 heavy (non-hydrogen) atoms. The molecule has 1 aliphatic heterocycles. The average molecular weight is 253 g/mol. The second-order valence-electron chi connectivity index (χ2n) is 3.75. The fourth-order valence-corrected chi connectivity index (χ4v) is 1.42. The van der Waals surface area contributed by atoms with Gasteiger partial charge in [0.05, 0.1) is 6.54 Å². The third kappa shape index (κ3) is 3.17. The van der Waals surface area contributed by atoms with Crippen molar-refractivity contribution in [3.8, 4) is 17.2 Å². The maximum absolute atomic E-state index is 9.55. The number of rotatable bonds is 5. The molecule has 0 radical (unpaired) electrons. The summed E-state index contributed by atoms with van der Waals surface area (Å²) in [6.45, 7) is 0.412. The van der Waals surface area contributed by atoms with Gasteiger partial charge in [-0.2, -0.15) is 0 Å². The van der Waals surface area contributed by atoms with E-state index < -0.39 is 6.10 Å². The highest BCUT2D eigenvalue weighted by Crippen LogP contribution is 2.35. The number of hydrogen-bond donors (Lipinski definition) is 3. The van der Waals surface area contributed by atoms with Crippen LogP contribution >= 0.6 is 0 Å². The van der Waals surface area contributed by atoms with Crippen molar-refractivity contribution in [1.29, 1.82) is 0 Å². The van der Waals surface area contributed by atoms with E-state index in [0.29, 0.717) is 17.2 Å². The number of aliphatic hydroxyl groups is 1. The minimum Gasteiger partial charge on any atom is -0.491 e. The van der Waals surface area contributed by atoms with Gasteiger partial charge in [-0.05, 0) is 12.1 Å². The molecule has 1 aromatic carbocycles. The van der Waals surface area contributed by atoms with Crippen molar-refractivity contribution in [2.45, 2.75) is 6.10 Å². The lowest BCUT2D eigenvalue weighted by atomic mass is 10.3. The van der Waals surface area contributed by atoms with E-state index in [1.54, 1.807) is 18.2 Å². The van der Waals surface area contributed by atoms with Crippen LogP contribution < -0.4 is 25.7 Å². The Labute approximate surface area is 104 Å². The summed E-state index contributed by atoms with van der Waals surface area (Å²) in [6.07, 6.45) is -0.766. The average Bonchev–Trinajstić information content (AvgIpc) is 2.81. The molecule has 1 unspecified atom stereocenters. The Bertz CT molecular complexity index is 446. The number of fused-ring (bicyclic) bond motifs is 1. The van der Waals surface area contributed by atoms with Gasteiger partial charge in [0.1, 0.15) is 18.5 Å². The van der Waals surface area contributed by atoms with Crippen molar-refractivity contribution < 1.29 is 19.3 Å². The molecular formula is C11H15N3O4. The van der Waals surface area contributed by atoms with Gasteiger partial charge < -0.3 is 30.8 Å². The molecule has 98 valence electrons. The second-order valence-corrected chi connectivity index (χ2v) is 3.75. The van der Waals surface area contributed by atoms with Gasteiger partial charge in [-0.15, -0.1) is 0 Å². The highest BCUT2D eigenvalue weighted by molar-refractivity contribution is 5.75. The zero-order valence-corrected chi connectivity index (χ0v) is 9.70. The first-order chi connectivity index (χ1) is 8.65. The Balaban J connectivity index is 1.85. The molecule has 7 nitrogen and oxygen atoms in total. The molecule has 1 heterocycles. The Morgan fingerprint density at radius 3 is 2.94 bits per heavy atom. The minimum atomic E-state index is -0.766. The number of nitrogens with two attached hydrogens (primary N) is 2. The van der Waals surface area contributed by atoms with Gasteiger partial charge in [0.15, 0.2) is 17.5 Å². The largest absolute Gasteiger partial charge is 0.491 e. The van der Waals surface area contributed by atoms with Gasteiger partial charge in [-0.1, -0.05) is 0 Å². The molecular weight excluding hydrogens is 238 g/mol. The number of ether oxygens (including phenoxy) is 3. The number of hydrogen-bond acceptors (Lipinski definition) is 5. The van der Waals surface area contributed by atoms with E-state index in [4.69, 9.17) is 25.7 Å². The first-order valence-electron chi connectivity index (χ1n) is 5.41. The van der Waals surface area contributed by atoms with Crippen LogP contribution in [0.1, 0.15) is 0 Å². The predicted octanol–water partition coefficient (Wildman–Crippen LogP) is -0.572. The maximum Gasteiger partial charge on any atom is 0.231 e. The van der Waals surface area contributed by atoms with Crippen LogP contribution in [0.25, 0.3) is 0 Å². The summed E-state index contributed by atoms with van der Waals surface area (Å²) in [5.74, 6) is 1.84.